The lowest BCUT2D eigenvalue weighted by molar-refractivity contribution is -0.122. The Kier molecular flexibility index (Phi) is 3.04. The predicted octanol–water partition coefficient (Wildman–Crippen LogP) is 1.95. The van der Waals surface area contributed by atoms with Crippen molar-refractivity contribution in [2.45, 2.75) is 39.4 Å². The molecular weight excluding hydrogens is 152 g/mol. The average molecular weight is 168 g/mol. The highest BCUT2D eigenvalue weighted by atomic mass is 16.5. The minimum absolute atomic E-state index is 0.0868. The predicted molar refractivity (Wildman–Crippen MR) is 47.9 cm³/mol. The Morgan fingerprint density at radius 1 is 1.58 bits per heavy atom. The number of ether oxygens (including phenoxy) is 1. The summed E-state index contributed by atoms with van der Waals surface area (Å²) in [4.78, 5) is 11.1. The van der Waals surface area contributed by atoms with Gasteiger partial charge >= 0.3 is 0 Å². The molecule has 0 aromatic rings. The van der Waals surface area contributed by atoms with Crippen LogP contribution in [0.4, 0.5) is 0 Å². The number of allylic oxidation sites excluding steroid dienone is 1. The van der Waals surface area contributed by atoms with Crippen molar-refractivity contribution in [3.8, 4) is 0 Å². The Balaban J connectivity index is 2.56. The van der Waals surface area contributed by atoms with E-state index >= 15 is 0 Å². The van der Waals surface area contributed by atoms with Gasteiger partial charge in [0.25, 0.3) is 0 Å². The Labute approximate surface area is 73.6 Å². The van der Waals surface area contributed by atoms with Gasteiger partial charge in [-0.15, -0.1) is 0 Å². The number of hydrogen-bond acceptors (Lipinski definition) is 2. The third kappa shape index (κ3) is 1.95. The Bertz CT molecular complexity index is 196. The second-order valence-electron chi connectivity index (χ2n) is 3.36. The molecule has 0 saturated carbocycles. The molecule has 1 aliphatic heterocycles. The molecule has 0 N–H and O–H groups in total. The minimum Gasteiger partial charge on any atom is -0.370 e. The SMILES string of the molecule is C/C=C/[C@H]1C[C@@H](C(C)=O)[C@@H](C)O1. The molecule has 2 heteroatoms. The van der Waals surface area contributed by atoms with Gasteiger partial charge in [0.05, 0.1) is 12.2 Å². The quantitative estimate of drug-likeness (QED) is 0.589. The van der Waals surface area contributed by atoms with Gasteiger partial charge in [-0.2, -0.15) is 0 Å². The highest BCUT2D eigenvalue weighted by molar-refractivity contribution is 5.79. The van der Waals surface area contributed by atoms with Crippen molar-refractivity contribution < 1.29 is 9.53 Å². The van der Waals surface area contributed by atoms with E-state index in [0.717, 1.165) is 6.42 Å². The molecule has 0 aromatic carbocycles. The van der Waals surface area contributed by atoms with Gasteiger partial charge in [0.2, 0.25) is 0 Å². The summed E-state index contributed by atoms with van der Waals surface area (Å²) in [6, 6.07) is 0. The van der Waals surface area contributed by atoms with Crippen molar-refractivity contribution in [1.29, 1.82) is 0 Å². The van der Waals surface area contributed by atoms with Crippen LogP contribution in [0.5, 0.6) is 0 Å². The third-order valence-electron chi connectivity index (χ3n) is 2.37. The number of Topliss-reactive ketones (excluding diaryl/α,β-unsaturated/α-hetero) is 1. The first-order valence-electron chi connectivity index (χ1n) is 4.44. The summed E-state index contributed by atoms with van der Waals surface area (Å²) < 4.78 is 5.57. The summed E-state index contributed by atoms with van der Waals surface area (Å²) in [5.74, 6) is 0.348. The van der Waals surface area contributed by atoms with Gasteiger partial charge in [-0.3, -0.25) is 4.79 Å². The van der Waals surface area contributed by atoms with Crippen LogP contribution in [0.25, 0.3) is 0 Å². The van der Waals surface area contributed by atoms with Crippen LogP contribution in [-0.4, -0.2) is 18.0 Å². The molecule has 1 heterocycles. The number of ketones is 1. The molecule has 1 fully saturated rings. The van der Waals surface area contributed by atoms with Gasteiger partial charge in [0.15, 0.2) is 0 Å². The van der Waals surface area contributed by atoms with Crippen LogP contribution in [0.3, 0.4) is 0 Å². The molecule has 0 aromatic heterocycles. The topological polar surface area (TPSA) is 26.3 Å². The van der Waals surface area contributed by atoms with Crippen molar-refractivity contribution in [3.05, 3.63) is 12.2 Å². The number of carbonyl (C=O) groups is 1. The summed E-state index contributed by atoms with van der Waals surface area (Å²) in [6.07, 6.45) is 5.07. The van der Waals surface area contributed by atoms with E-state index in [-0.39, 0.29) is 23.9 Å². The molecule has 3 atom stereocenters. The van der Waals surface area contributed by atoms with E-state index in [0.29, 0.717) is 0 Å². The summed E-state index contributed by atoms with van der Waals surface area (Å²) in [7, 11) is 0. The molecule has 0 aliphatic carbocycles. The second kappa shape index (κ2) is 3.85. The van der Waals surface area contributed by atoms with Gasteiger partial charge in [-0.1, -0.05) is 12.2 Å². The van der Waals surface area contributed by atoms with Crippen LogP contribution in [0.2, 0.25) is 0 Å². The molecule has 0 amide bonds. The molecule has 0 radical (unpaired) electrons. The second-order valence-corrected chi connectivity index (χ2v) is 3.36. The number of carbonyl (C=O) groups excluding carboxylic acids is 1. The summed E-state index contributed by atoms with van der Waals surface area (Å²) >= 11 is 0. The number of rotatable bonds is 2. The van der Waals surface area contributed by atoms with E-state index < -0.39 is 0 Å². The van der Waals surface area contributed by atoms with Crippen molar-refractivity contribution >= 4 is 5.78 Å². The third-order valence-corrected chi connectivity index (χ3v) is 2.37. The Hall–Kier alpha value is -0.630. The van der Waals surface area contributed by atoms with E-state index in [1.807, 2.05) is 26.0 Å². The van der Waals surface area contributed by atoms with E-state index in [2.05, 4.69) is 0 Å². The maximum atomic E-state index is 11.1. The van der Waals surface area contributed by atoms with Crippen LogP contribution in [-0.2, 0) is 9.53 Å². The molecule has 0 unspecified atom stereocenters. The van der Waals surface area contributed by atoms with Crippen LogP contribution >= 0.6 is 0 Å². The first kappa shape index (κ1) is 9.46. The van der Waals surface area contributed by atoms with Gasteiger partial charge in [0, 0.05) is 5.92 Å². The summed E-state index contributed by atoms with van der Waals surface area (Å²) in [5.41, 5.74) is 0. The van der Waals surface area contributed by atoms with Crippen molar-refractivity contribution in [1.82, 2.24) is 0 Å². The number of hydrogen-bond donors (Lipinski definition) is 0. The smallest absolute Gasteiger partial charge is 0.135 e. The van der Waals surface area contributed by atoms with E-state index in [4.69, 9.17) is 4.74 Å². The van der Waals surface area contributed by atoms with Gasteiger partial charge in [-0.25, -0.2) is 0 Å². The maximum absolute atomic E-state index is 11.1. The standard InChI is InChI=1S/C10H16O2/c1-4-5-9-6-10(7(2)11)8(3)12-9/h4-5,8-10H,6H2,1-3H3/b5-4+/t8-,9+,10+/m1/s1. The fraction of sp³-hybridized carbons (Fsp3) is 0.700. The zero-order valence-electron chi connectivity index (χ0n) is 7.91. The fourth-order valence-corrected chi connectivity index (χ4v) is 1.70. The van der Waals surface area contributed by atoms with E-state index in [9.17, 15) is 4.79 Å². The minimum atomic E-state index is 0.0868. The maximum Gasteiger partial charge on any atom is 0.135 e. The van der Waals surface area contributed by atoms with E-state index in [1.165, 1.54) is 0 Å². The van der Waals surface area contributed by atoms with E-state index in [1.54, 1.807) is 6.92 Å². The van der Waals surface area contributed by atoms with Gasteiger partial charge < -0.3 is 4.74 Å². The lowest BCUT2D eigenvalue weighted by atomic mass is 9.96. The fourth-order valence-electron chi connectivity index (χ4n) is 1.70. The first-order chi connectivity index (χ1) is 5.65. The van der Waals surface area contributed by atoms with Crippen LogP contribution in [0.15, 0.2) is 12.2 Å². The molecule has 1 rings (SSSR count). The molecule has 68 valence electrons. The molecule has 12 heavy (non-hydrogen) atoms. The summed E-state index contributed by atoms with van der Waals surface area (Å²) in [6.45, 7) is 5.58. The highest BCUT2D eigenvalue weighted by Gasteiger charge is 2.33. The van der Waals surface area contributed by atoms with Crippen LogP contribution < -0.4 is 0 Å². The Morgan fingerprint density at radius 3 is 2.67 bits per heavy atom. The highest BCUT2D eigenvalue weighted by Crippen LogP contribution is 2.27. The van der Waals surface area contributed by atoms with Crippen molar-refractivity contribution in [3.63, 3.8) is 0 Å². The Morgan fingerprint density at radius 2 is 2.25 bits per heavy atom. The molecule has 0 bridgehead atoms. The normalized spacial score (nSPS) is 36.1. The van der Waals surface area contributed by atoms with Gasteiger partial charge in [0.1, 0.15) is 5.78 Å². The van der Waals surface area contributed by atoms with Crippen molar-refractivity contribution in [2.75, 3.05) is 0 Å². The summed E-state index contributed by atoms with van der Waals surface area (Å²) in [5, 5.41) is 0. The molecular formula is C10H16O2. The van der Waals surface area contributed by atoms with Crippen molar-refractivity contribution in [2.24, 2.45) is 5.92 Å². The van der Waals surface area contributed by atoms with Crippen LogP contribution in [0.1, 0.15) is 27.2 Å². The van der Waals surface area contributed by atoms with Crippen LogP contribution in [0, 0.1) is 5.92 Å². The lowest BCUT2D eigenvalue weighted by Gasteiger charge is -2.08. The largest absolute Gasteiger partial charge is 0.370 e. The monoisotopic (exact) mass is 168 g/mol. The average Bonchev–Trinajstić information content (AvgIpc) is 2.32. The molecule has 2 nitrogen and oxygen atoms in total. The first-order valence-corrected chi connectivity index (χ1v) is 4.44. The zero-order valence-corrected chi connectivity index (χ0v) is 7.91. The zero-order chi connectivity index (χ0) is 9.14. The lowest BCUT2D eigenvalue weighted by Crippen LogP contribution is -2.18. The molecule has 0 spiro atoms. The molecule has 1 aliphatic rings. The van der Waals surface area contributed by atoms with Gasteiger partial charge in [-0.05, 0) is 27.2 Å². The molecule has 1 saturated heterocycles.